The first-order valence-corrected chi connectivity index (χ1v) is 7.66. The lowest BCUT2D eigenvalue weighted by Crippen LogP contribution is -2.35. The molecule has 0 spiro atoms. The minimum absolute atomic E-state index is 0.174. The smallest absolute Gasteiger partial charge is 0.123 e. The summed E-state index contributed by atoms with van der Waals surface area (Å²) in [4.78, 5) is 0. The Hall–Kier alpha value is -1.67. The Bertz CT molecular complexity index is 662. The summed E-state index contributed by atoms with van der Waals surface area (Å²) in [5, 5.41) is 0. The van der Waals surface area contributed by atoms with Crippen LogP contribution in [0, 0.1) is 11.7 Å². The normalized spacial score (nSPS) is 20.8. The summed E-state index contributed by atoms with van der Waals surface area (Å²) in [6.45, 7) is 4.44. The van der Waals surface area contributed by atoms with Crippen molar-refractivity contribution in [2.24, 2.45) is 11.7 Å². The fourth-order valence-corrected chi connectivity index (χ4v) is 3.42. The molecule has 0 fully saturated rings. The van der Waals surface area contributed by atoms with E-state index in [-0.39, 0.29) is 5.82 Å². The van der Waals surface area contributed by atoms with Gasteiger partial charge in [0.1, 0.15) is 5.82 Å². The molecular formula is C19H22FN. The van der Waals surface area contributed by atoms with Gasteiger partial charge in [0.05, 0.1) is 5.54 Å². The molecule has 0 radical (unpaired) electrons. The molecule has 1 atom stereocenters. The molecule has 0 amide bonds. The lowest BCUT2D eigenvalue weighted by molar-refractivity contribution is 0.533. The minimum Gasteiger partial charge on any atom is -0.318 e. The fraction of sp³-hybridized carbons (Fsp3) is 0.368. The van der Waals surface area contributed by atoms with Gasteiger partial charge in [0.2, 0.25) is 0 Å². The van der Waals surface area contributed by atoms with Gasteiger partial charge in [-0.25, -0.2) is 4.39 Å². The molecule has 0 saturated carbocycles. The minimum atomic E-state index is -0.476. The van der Waals surface area contributed by atoms with Gasteiger partial charge in [0.15, 0.2) is 0 Å². The number of hydrogen-bond donors (Lipinski definition) is 1. The summed E-state index contributed by atoms with van der Waals surface area (Å²) in [7, 11) is 0. The zero-order valence-corrected chi connectivity index (χ0v) is 12.7. The Balaban J connectivity index is 2.01. The Morgan fingerprint density at radius 3 is 2.76 bits per heavy atom. The van der Waals surface area contributed by atoms with Crippen LogP contribution in [0.3, 0.4) is 0 Å². The zero-order valence-electron chi connectivity index (χ0n) is 12.7. The van der Waals surface area contributed by atoms with E-state index in [1.807, 2.05) is 6.07 Å². The van der Waals surface area contributed by atoms with Crippen molar-refractivity contribution in [1.82, 2.24) is 0 Å². The molecule has 110 valence electrons. The molecule has 2 N–H and O–H groups in total. The molecule has 0 heterocycles. The van der Waals surface area contributed by atoms with Crippen LogP contribution in [0.5, 0.6) is 0 Å². The van der Waals surface area contributed by atoms with Gasteiger partial charge in [-0.05, 0) is 59.6 Å². The second kappa shape index (κ2) is 5.27. The molecule has 1 aliphatic carbocycles. The fourth-order valence-electron chi connectivity index (χ4n) is 3.42. The predicted molar refractivity (Wildman–Crippen MR) is 84.7 cm³/mol. The quantitative estimate of drug-likeness (QED) is 0.898. The van der Waals surface area contributed by atoms with Crippen LogP contribution in [0.1, 0.15) is 42.5 Å². The van der Waals surface area contributed by atoms with Gasteiger partial charge >= 0.3 is 0 Å². The predicted octanol–water partition coefficient (Wildman–Crippen LogP) is 4.17. The second-order valence-corrected chi connectivity index (χ2v) is 6.57. The summed E-state index contributed by atoms with van der Waals surface area (Å²) < 4.78 is 13.4. The monoisotopic (exact) mass is 283 g/mol. The SMILES string of the molecule is CC(C)Cc1cccc(C2(N)CCc3cc(F)ccc32)c1. The number of hydrogen-bond acceptors (Lipinski definition) is 1. The van der Waals surface area contributed by atoms with Gasteiger partial charge < -0.3 is 5.73 Å². The van der Waals surface area contributed by atoms with E-state index in [1.54, 1.807) is 6.07 Å². The van der Waals surface area contributed by atoms with Crippen LogP contribution in [0.4, 0.5) is 4.39 Å². The number of benzene rings is 2. The molecule has 3 rings (SSSR count). The molecule has 2 aromatic carbocycles. The molecule has 2 aromatic rings. The molecule has 21 heavy (non-hydrogen) atoms. The van der Waals surface area contributed by atoms with E-state index in [0.29, 0.717) is 5.92 Å². The summed E-state index contributed by atoms with van der Waals surface area (Å²) in [5.74, 6) is 0.450. The number of rotatable bonds is 3. The highest BCUT2D eigenvalue weighted by Gasteiger charge is 2.36. The maximum absolute atomic E-state index is 13.4. The zero-order chi connectivity index (χ0) is 15.0. The van der Waals surface area contributed by atoms with Gasteiger partial charge in [-0.1, -0.05) is 44.2 Å². The van der Waals surface area contributed by atoms with Gasteiger partial charge in [0.25, 0.3) is 0 Å². The molecule has 2 heteroatoms. The topological polar surface area (TPSA) is 26.0 Å². The summed E-state index contributed by atoms with van der Waals surface area (Å²) >= 11 is 0. The van der Waals surface area contributed by atoms with Crippen molar-refractivity contribution < 1.29 is 4.39 Å². The summed E-state index contributed by atoms with van der Waals surface area (Å²) in [5.41, 5.74) is 10.8. The summed E-state index contributed by atoms with van der Waals surface area (Å²) in [6, 6.07) is 13.6. The number of aryl methyl sites for hydroxylation is 1. The van der Waals surface area contributed by atoms with Crippen molar-refractivity contribution in [3.05, 3.63) is 70.5 Å². The first-order valence-electron chi connectivity index (χ1n) is 7.66. The number of nitrogens with two attached hydrogens (primary N) is 1. The van der Waals surface area contributed by atoms with E-state index < -0.39 is 5.54 Å². The maximum Gasteiger partial charge on any atom is 0.123 e. The van der Waals surface area contributed by atoms with Crippen LogP contribution in [0.2, 0.25) is 0 Å². The van der Waals surface area contributed by atoms with Gasteiger partial charge in [-0.2, -0.15) is 0 Å². The van der Waals surface area contributed by atoms with E-state index in [0.717, 1.165) is 36.0 Å². The standard InChI is InChI=1S/C19H22FN/c1-13(2)10-14-4-3-5-16(11-14)19(21)9-8-15-12-17(20)6-7-18(15)19/h3-7,11-13H,8-10,21H2,1-2H3. The van der Waals surface area contributed by atoms with Crippen molar-refractivity contribution in [3.63, 3.8) is 0 Å². The summed E-state index contributed by atoms with van der Waals surface area (Å²) in [6.07, 6.45) is 2.75. The highest BCUT2D eigenvalue weighted by atomic mass is 19.1. The van der Waals surface area contributed by atoms with Crippen LogP contribution < -0.4 is 5.73 Å². The van der Waals surface area contributed by atoms with Crippen molar-refractivity contribution in [2.45, 2.75) is 38.6 Å². The molecule has 0 saturated heterocycles. The third kappa shape index (κ3) is 2.60. The van der Waals surface area contributed by atoms with Crippen LogP contribution in [0.25, 0.3) is 0 Å². The molecule has 1 nitrogen and oxygen atoms in total. The van der Waals surface area contributed by atoms with E-state index in [2.05, 4.69) is 38.1 Å². The Morgan fingerprint density at radius 1 is 1.19 bits per heavy atom. The van der Waals surface area contributed by atoms with Gasteiger partial charge in [0, 0.05) is 0 Å². The molecular weight excluding hydrogens is 261 g/mol. The van der Waals surface area contributed by atoms with Crippen molar-refractivity contribution in [1.29, 1.82) is 0 Å². The van der Waals surface area contributed by atoms with Crippen LogP contribution in [-0.4, -0.2) is 0 Å². The number of halogens is 1. The van der Waals surface area contributed by atoms with E-state index in [9.17, 15) is 4.39 Å². The molecule has 0 bridgehead atoms. The van der Waals surface area contributed by atoms with Crippen molar-refractivity contribution in [2.75, 3.05) is 0 Å². The molecule has 0 aliphatic heterocycles. The maximum atomic E-state index is 13.4. The van der Waals surface area contributed by atoms with E-state index >= 15 is 0 Å². The van der Waals surface area contributed by atoms with Crippen LogP contribution in [-0.2, 0) is 18.4 Å². The third-order valence-corrected chi connectivity index (χ3v) is 4.42. The third-order valence-electron chi connectivity index (χ3n) is 4.42. The Morgan fingerprint density at radius 2 is 2.00 bits per heavy atom. The second-order valence-electron chi connectivity index (χ2n) is 6.57. The lowest BCUT2D eigenvalue weighted by Gasteiger charge is -2.27. The van der Waals surface area contributed by atoms with Crippen molar-refractivity contribution >= 4 is 0 Å². The van der Waals surface area contributed by atoms with Gasteiger partial charge in [-0.15, -0.1) is 0 Å². The first-order chi connectivity index (χ1) is 9.99. The Labute approximate surface area is 126 Å². The highest BCUT2D eigenvalue weighted by molar-refractivity contribution is 5.47. The number of fused-ring (bicyclic) bond motifs is 1. The molecule has 0 aromatic heterocycles. The van der Waals surface area contributed by atoms with E-state index in [1.165, 1.54) is 11.6 Å². The van der Waals surface area contributed by atoms with Crippen LogP contribution in [0.15, 0.2) is 42.5 Å². The first kappa shape index (κ1) is 14.3. The van der Waals surface area contributed by atoms with Crippen molar-refractivity contribution in [3.8, 4) is 0 Å². The van der Waals surface area contributed by atoms with Gasteiger partial charge in [-0.3, -0.25) is 0 Å². The highest BCUT2D eigenvalue weighted by Crippen LogP contribution is 2.40. The lowest BCUT2D eigenvalue weighted by atomic mass is 9.84. The van der Waals surface area contributed by atoms with E-state index in [4.69, 9.17) is 5.73 Å². The largest absolute Gasteiger partial charge is 0.318 e. The average molecular weight is 283 g/mol. The molecule has 1 unspecified atom stereocenters. The van der Waals surface area contributed by atoms with Crippen LogP contribution >= 0.6 is 0 Å². The molecule has 1 aliphatic rings. The Kier molecular flexibility index (Phi) is 3.58. The average Bonchev–Trinajstić information content (AvgIpc) is 2.76.